The molecule has 1 N–H and O–H groups in total. The Morgan fingerprint density at radius 3 is 2.92 bits per heavy atom. The van der Waals surface area contributed by atoms with Crippen molar-refractivity contribution in [1.82, 2.24) is 20.0 Å². The van der Waals surface area contributed by atoms with Crippen LogP contribution in [0.15, 0.2) is 12.4 Å². The molecule has 3 aliphatic rings. The summed E-state index contributed by atoms with van der Waals surface area (Å²) < 4.78 is 8.14. The molecule has 0 bridgehead atoms. The second-order valence-corrected chi connectivity index (χ2v) is 8.07. The predicted octanol–water partition coefficient (Wildman–Crippen LogP) is 2.11. The molecule has 138 valence electrons. The van der Waals surface area contributed by atoms with Crippen LogP contribution in [0.2, 0.25) is 0 Å². The average Bonchev–Trinajstić information content (AvgIpc) is 3.37. The van der Waals surface area contributed by atoms with Crippen molar-refractivity contribution >= 4 is 5.91 Å². The van der Waals surface area contributed by atoms with Crippen LogP contribution in [0.5, 0.6) is 0 Å². The van der Waals surface area contributed by atoms with Crippen molar-refractivity contribution in [2.45, 2.75) is 69.1 Å². The van der Waals surface area contributed by atoms with Crippen molar-refractivity contribution in [2.75, 3.05) is 19.6 Å². The zero-order valence-electron chi connectivity index (χ0n) is 15.2. The molecule has 2 aliphatic heterocycles. The molecule has 6 nitrogen and oxygen atoms in total. The van der Waals surface area contributed by atoms with Gasteiger partial charge in [-0.15, -0.1) is 0 Å². The van der Waals surface area contributed by atoms with Crippen molar-refractivity contribution in [3.63, 3.8) is 0 Å². The first-order valence-corrected chi connectivity index (χ1v) is 9.82. The predicted molar refractivity (Wildman–Crippen MR) is 95.4 cm³/mol. The number of amides is 1. The number of likely N-dealkylation sites (tertiary alicyclic amines) is 1. The Labute approximate surface area is 149 Å². The smallest absolute Gasteiger partial charge is 0.254 e. The van der Waals surface area contributed by atoms with Crippen LogP contribution in [-0.2, 0) is 11.8 Å². The summed E-state index contributed by atoms with van der Waals surface area (Å²) >= 11 is 0. The Kier molecular flexibility index (Phi) is 4.82. The highest BCUT2D eigenvalue weighted by molar-refractivity contribution is 5.93. The zero-order valence-corrected chi connectivity index (χ0v) is 15.2. The number of aromatic nitrogens is 2. The quantitative estimate of drug-likeness (QED) is 0.887. The molecule has 2 unspecified atom stereocenters. The third kappa shape index (κ3) is 3.75. The summed E-state index contributed by atoms with van der Waals surface area (Å²) in [6.07, 6.45) is 13.8. The molecule has 1 aromatic rings. The van der Waals surface area contributed by atoms with Gasteiger partial charge in [-0.25, -0.2) is 0 Å². The molecule has 6 heteroatoms. The van der Waals surface area contributed by atoms with E-state index in [4.69, 9.17) is 4.74 Å². The third-order valence-electron chi connectivity index (χ3n) is 6.26. The van der Waals surface area contributed by atoms with Crippen LogP contribution in [0.25, 0.3) is 0 Å². The molecule has 3 fully saturated rings. The molecule has 0 radical (unpaired) electrons. The molecule has 3 heterocycles. The number of rotatable bonds is 5. The molecule has 0 aromatic carbocycles. The molecule has 1 saturated carbocycles. The topological polar surface area (TPSA) is 59.4 Å². The molecular formula is C19H30N4O2. The van der Waals surface area contributed by atoms with Gasteiger partial charge in [0, 0.05) is 32.4 Å². The van der Waals surface area contributed by atoms with Gasteiger partial charge >= 0.3 is 0 Å². The molecule has 4 rings (SSSR count). The lowest BCUT2D eigenvalue weighted by molar-refractivity contribution is -0.0482. The fraction of sp³-hybridized carbons (Fsp3) is 0.789. The van der Waals surface area contributed by atoms with Crippen LogP contribution >= 0.6 is 0 Å². The lowest BCUT2D eigenvalue weighted by Gasteiger charge is -2.29. The van der Waals surface area contributed by atoms with E-state index in [1.54, 1.807) is 17.1 Å². The van der Waals surface area contributed by atoms with Gasteiger partial charge in [0.15, 0.2) is 0 Å². The van der Waals surface area contributed by atoms with Crippen LogP contribution in [0.4, 0.5) is 0 Å². The SMILES string of the molecule is Cn1cc(C(=O)NCC2CCCN2CC2CCC3(CCCC3)O2)cn1. The van der Waals surface area contributed by atoms with Crippen molar-refractivity contribution in [3.05, 3.63) is 18.0 Å². The first-order chi connectivity index (χ1) is 12.1. The number of carbonyl (C=O) groups excluding carboxylic acids is 1. The summed E-state index contributed by atoms with van der Waals surface area (Å²) in [4.78, 5) is 14.8. The van der Waals surface area contributed by atoms with Crippen LogP contribution in [0, 0.1) is 0 Å². The largest absolute Gasteiger partial charge is 0.370 e. The van der Waals surface area contributed by atoms with E-state index in [1.165, 1.54) is 44.9 Å². The number of hydrogen-bond donors (Lipinski definition) is 1. The van der Waals surface area contributed by atoms with E-state index in [-0.39, 0.29) is 11.5 Å². The number of hydrogen-bond acceptors (Lipinski definition) is 4. The van der Waals surface area contributed by atoms with Gasteiger partial charge in [0.05, 0.1) is 23.5 Å². The highest BCUT2D eigenvalue weighted by Crippen LogP contribution is 2.43. The molecule has 1 spiro atoms. The summed E-state index contributed by atoms with van der Waals surface area (Å²) in [5, 5.41) is 7.15. The minimum atomic E-state index is -0.0259. The van der Waals surface area contributed by atoms with Gasteiger partial charge in [0.1, 0.15) is 0 Å². The molecular weight excluding hydrogens is 316 g/mol. The Balaban J connectivity index is 1.27. The number of nitrogens with one attached hydrogen (secondary N) is 1. The summed E-state index contributed by atoms with van der Waals surface area (Å²) in [6.45, 7) is 2.86. The summed E-state index contributed by atoms with van der Waals surface area (Å²) in [6, 6.07) is 0.435. The molecule has 1 aromatic heterocycles. The number of ether oxygens (including phenoxy) is 1. The van der Waals surface area contributed by atoms with Gasteiger partial charge < -0.3 is 10.1 Å². The third-order valence-corrected chi connectivity index (χ3v) is 6.26. The second kappa shape index (κ2) is 7.08. The Morgan fingerprint density at radius 2 is 2.16 bits per heavy atom. The molecule has 1 aliphatic carbocycles. The molecule has 2 saturated heterocycles. The van der Waals surface area contributed by atoms with Crippen molar-refractivity contribution in [1.29, 1.82) is 0 Å². The van der Waals surface area contributed by atoms with E-state index >= 15 is 0 Å². The minimum absolute atomic E-state index is 0.0259. The second-order valence-electron chi connectivity index (χ2n) is 8.07. The maximum Gasteiger partial charge on any atom is 0.254 e. The van der Waals surface area contributed by atoms with E-state index in [0.29, 0.717) is 24.3 Å². The summed E-state index contributed by atoms with van der Waals surface area (Å²) in [5.74, 6) is -0.0259. The monoisotopic (exact) mass is 346 g/mol. The number of carbonyl (C=O) groups is 1. The lowest BCUT2D eigenvalue weighted by Crippen LogP contribution is -2.43. The van der Waals surface area contributed by atoms with Gasteiger partial charge in [-0.2, -0.15) is 5.10 Å². The Bertz CT molecular complexity index is 608. The van der Waals surface area contributed by atoms with Crippen LogP contribution in [0.1, 0.15) is 61.7 Å². The van der Waals surface area contributed by atoms with Crippen LogP contribution in [0.3, 0.4) is 0 Å². The van der Waals surface area contributed by atoms with E-state index in [2.05, 4.69) is 15.3 Å². The van der Waals surface area contributed by atoms with Crippen LogP contribution < -0.4 is 5.32 Å². The summed E-state index contributed by atoms with van der Waals surface area (Å²) in [5.41, 5.74) is 0.850. The fourth-order valence-corrected chi connectivity index (χ4v) is 4.89. The fourth-order valence-electron chi connectivity index (χ4n) is 4.89. The van der Waals surface area contributed by atoms with Gasteiger partial charge in [0.2, 0.25) is 0 Å². The van der Waals surface area contributed by atoms with Gasteiger partial charge in [-0.1, -0.05) is 12.8 Å². The van der Waals surface area contributed by atoms with Gasteiger partial charge in [0.25, 0.3) is 5.91 Å². The van der Waals surface area contributed by atoms with E-state index in [0.717, 1.165) is 19.5 Å². The highest BCUT2D eigenvalue weighted by Gasteiger charge is 2.43. The standard InChI is InChI=1S/C19H30N4O2/c1-22-13-15(11-21-22)18(24)20-12-16-5-4-10-23(16)14-17-6-9-19(25-17)7-2-3-8-19/h11,13,16-17H,2-10,12,14H2,1H3,(H,20,24). The minimum Gasteiger partial charge on any atom is -0.370 e. The zero-order chi connectivity index (χ0) is 17.3. The summed E-state index contributed by atoms with van der Waals surface area (Å²) in [7, 11) is 1.83. The van der Waals surface area contributed by atoms with E-state index < -0.39 is 0 Å². The first-order valence-electron chi connectivity index (χ1n) is 9.82. The Hall–Kier alpha value is -1.40. The number of aryl methyl sites for hydroxylation is 1. The van der Waals surface area contributed by atoms with Crippen LogP contribution in [-0.4, -0.2) is 58.0 Å². The normalized spacial score (nSPS) is 28.8. The van der Waals surface area contributed by atoms with Crippen molar-refractivity contribution in [2.24, 2.45) is 7.05 Å². The van der Waals surface area contributed by atoms with Gasteiger partial charge in [-0.3, -0.25) is 14.4 Å². The maximum absolute atomic E-state index is 12.2. The van der Waals surface area contributed by atoms with E-state index in [1.807, 2.05) is 7.05 Å². The Morgan fingerprint density at radius 1 is 1.32 bits per heavy atom. The highest BCUT2D eigenvalue weighted by atomic mass is 16.5. The first kappa shape index (κ1) is 17.0. The van der Waals surface area contributed by atoms with E-state index in [9.17, 15) is 4.79 Å². The van der Waals surface area contributed by atoms with Gasteiger partial charge in [-0.05, 0) is 45.1 Å². The number of nitrogens with zero attached hydrogens (tertiary/aromatic N) is 3. The molecule has 1 amide bonds. The maximum atomic E-state index is 12.2. The average molecular weight is 346 g/mol. The molecule has 25 heavy (non-hydrogen) atoms. The molecule has 2 atom stereocenters. The lowest BCUT2D eigenvalue weighted by atomic mass is 9.98. The van der Waals surface area contributed by atoms with Crippen molar-refractivity contribution < 1.29 is 9.53 Å². The van der Waals surface area contributed by atoms with Crippen molar-refractivity contribution in [3.8, 4) is 0 Å².